The number of aliphatic hydroxyl groups is 1. The molecule has 0 radical (unpaired) electrons. The number of hydrogen-bond acceptors (Lipinski definition) is 5. The fourth-order valence-corrected chi connectivity index (χ4v) is 3.28. The highest BCUT2D eigenvalue weighted by molar-refractivity contribution is 5.85. The fraction of sp³-hybridized carbons (Fsp3) is 0.600. The number of nitro groups is 1. The second kappa shape index (κ2) is 6.02. The standard InChI is InChI=1S/C15H20N2O4.ClH/c1-15(2)14(18)13(16-7-3-4-8-16)11-6-5-10(17(19)20)9-12(11)21-15;/h5-6,9,13-14,18H,3-4,7-8H2,1-2H3;1H/t13?,14-;/m0./s1. The molecule has 1 aromatic carbocycles. The van der Waals surface area contributed by atoms with E-state index in [-0.39, 0.29) is 24.1 Å². The maximum Gasteiger partial charge on any atom is 0.273 e. The number of aliphatic hydroxyl groups excluding tert-OH is 1. The summed E-state index contributed by atoms with van der Waals surface area (Å²) in [6.07, 6.45) is 1.57. The Balaban J connectivity index is 0.00000176. The highest BCUT2D eigenvalue weighted by Gasteiger charge is 2.46. The van der Waals surface area contributed by atoms with E-state index >= 15 is 0 Å². The van der Waals surface area contributed by atoms with Crippen molar-refractivity contribution in [1.29, 1.82) is 0 Å². The van der Waals surface area contributed by atoms with Crippen molar-refractivity contribution in [1.82, 2.24) is 4.90 Å². The molecule has 2 atom stereocenters. The Morgan fingerprint density at radius 1 is 1.36 bits per heavy atom. The molecule has 1 N–H and O–H groups in total. The predicted molar refractivity (Wildman–Crippen MR) is 84.6 cm³/mol. The molecule has 0 amide bonds. The zero-order valence-electron chi connectivity index (χ0n) is 12.7. The summed E-state index contributed by atoms with van der Waals surface area (Å²) in [4.78, 5) is 12.8. The van der Waals surface area contributed by atoms with Gasteiger partial charge >= 0.3 is 0 Å². The Labute approximate surface area is 135 Å². The summed E-state index contributed by atoms with van der Waals surface area (Å²) in [6.45, 7) is 5.52. The average molecular weight is 329 g/mol. The lowest BCUT2D eigenvalue weighted by Gasteiger charge is -2.45. The molecule has 0 aromatic heterocycles. The Morgan fingerprint density at radius 2 is 2.00 bits per heavy atom. The summed E-state index contributed by atoms with van der Waals surface area (Å²) in [5.41, 5.74) is 0.0885. The van der Waals surface area contributed by atoms with Gasteiger partial charge in [-0.25, -0.2) is 0 Å². The number of hydrogen-bond donors (Lipinski definition) is 1. The first-order valence-electron chi connectivity index (χ1n) is 7.29. The van der Waals surface area contributed by atoms with Crippen LogP contribution in [-0.2, 0) is 0 Å². The number of halogens is 1. The number of nitro benzene ring substituents is 1. The maximum absolute atomic E-state index is 10.9. The molecule has 2 aliphatic rings. The number of benzene rings is 1. The Kier molecular flexibility index (Phi) is 4.65. The van der Waals surface area contributed by atoms with Crippen LogP contribution < -0.4 is 4.74 Å². The number of nitrogens with zero attached hydrogens (tertiary/aromatic N) is 2. The van der Waals surface area contributed by atoms with E-state index in [9.17, 15) is 15.2 Å². The second-order valence-electron chi connectivity index (χ2n) is 6.32. The largest absolute Gasteiger partial charge is 0.484 e. The fourth-order valence-electron chi connectivity index (χ4n) is 3.28. The van der Waals surface area contributed by atoms with Crippen molar-refractivity contribution in [3.8, 4) is 5.75 Å². The molecule has 1 saturated heterocycles. The number of rotatable bonds is 2. The van der Waals surface area contributed by atoms with Crippen molar-refractivity contribution in [2.75, 3.05) is 13.1 Å². The van der Waals surface area contributed by atoms with Crippen LogP contribution in [0.3, 0.4) is 0 Å². The minimum atomic E-state index is -0.768. The first-order valence-corrected chi connectivity index (χ1v) is 7.29. The van der Waals surface area contributed by atoms with Gasteiger partial charge < -0.3 is 9.84 Å². The van der Waals surface area contributed by atoms with Gasteiger partial charge in [0.1, 0.15) is 17.5 Å². The lowest BCUT2D eigenvalue weighted by molar-refractivity contribution is -0.385. The van der Waals surface area contributed by atoms with Crippen molar-refractivity contribution in [2.45, 2.75) is 44.4 Å². The summed E-state index contributed by atoms with van der Waals surface area (Å²) < 4.78 is 5.83. The minimum Gasteiger partial charge on any atom is -0.484 e. The molecule has 22 heavy (non-hydrogen) atoms. The molecule has 122 valence electrons. The van der Waals surface area contributed by atoms with E-state index in [0.717, 1.165) is 31.5 Å². The van der Waals surface area contributed by atoms with Crippen LogP contribution in [0.4, 0.5) is 5.69 Å². The molecule has 2 aliphatic heterocycles. The zero-order valence-corrected chi connectivity index (χ0v) is 13.5. The second-order valence-corrected chi connectivity index (χ2v) is 6.32. The minimum absolute atomic E-state index is 0. The maximum atomic E-state index is 10.9. The third-order valence-corrected chi connectivity index (χ3v) is 4.45. The monoisotopic (exact) mass is 328 g/mol. The van der Waals surface area contributed by atoms with Crippen LogP contribution in [0.15, 0.2) is 18.2 Å². The van der Waals surface area contributed by atoms with Crippen molar-refractivity contribution in [3.63, 3.8) is 0 Å². The van der Waals surface area contributed by atoms with Crippen molar-refractivity contribution >= 4 is 18.1 Å². The van der Waals surface area contributed by atoms with Gasteiger partial charge in [0, 0.05) is 11.6 Å². The first kappa shape index (κ1) is 17.0. The molecular formula is C15H21ClN2O4. The van der Waals surface area contributed by atoms with Gasteiger partial charge in [0.25, 0.3) is 5.69 Å². The van der Waals surface area contributed by atoms with Crippen molar-refractivity contribution in [3.05, 3.63) is 33.9 Å². The molecule has 0 bridgehead atoms. The highest BCUT2D eigenvalue weighted by atomic mass is 35.5. The lowest BCUT2D eigenvalue weighted by Crippen LogP contribution is -2.53. The van der Waals surface area contributed by atoms with E-state index < -0.39 is 16.6 Å². The van der Waals surface area contributed by atoms with E-state index in [4.69, 9.17) is 4.74 Å². The molecule has 1 aromatic rings. The summed E-state index contributed by atoms with van der Waals surface area (Å²) in [5.74, 6) is 0.511. The number of fused-ring (bicyclic) bond motifs is 1. The van der Waals surface area contributed by atoms with E-state index in [1.807, 2.05) is 13.8 Å². The van der Waals surface area contributed by atoms with Crippen LogP contribution in [0.5, 0.6) is 5.75 Å². The Morgan fingerprint density at radius 3 is 2.59 bits per heavy atom. The van der Waals surface area contributed by atoms with Gasteiger partial charge in [0.05, 0.1) is 17.0 Å². The van der Waals surface area contributed by atoms with Gasteiger partial charge in [-0.15, -0.1) is 12.4 Å². The van der Waals surface area contributed by atoms with E-state index in [1.165, 1.54) is 12.1 Å². The average Bonchev–Trinajstić information content (AvgIpc) is 2.93. The Bertz CT molecular complexity index is 573. The third kappa shape index (κ3) is 2.78. The number of ether oxygens (including phenoxy) is 1. The summed E-state index contributed by atoms with van der Waals surface area (Å²) in [5, 5.41) is 21.6. The van der Waals surface area contributed by atoms with E-state index in [0.29, 0.717) is 5.75 Å². The first-order chi connectivity index (χ1) is 9.90. The molecule has 7 heteroatoms. The smallest absolute Gasteiger partial charge is 0.273 e. The number of likely N-dealkylation sites (tertiary alicyclic amines) is 1. The molecule has 2 heterocycles. The topological polar surface area (TPSA) is 75.8 Å². The third-order valence-electron chi connectivity index (χ3n) is 4.45. The van der Waals surface area contributed by atoms with Crippen LogP contribution in [0.25, 0.3) is 0 Å². The van der Waals surface area contributed by atoms with Gasteiger partial charge in [-0.3, -0.25) is 15.0 Å². The quantitative estimate of drug-likeness (QED) is 0.667. The molecule has 0 saturated carbocycles. The van der Waals surface area contributed by atoms with Gasteiger partial charge in [-0.2, -0.15) is 0 Å². The zero-order chi connectivity index (χ0) is 15.2. The van der Waals surface area contributed by atoms with Crippen molar-refractivity contribution in [2.24, 2.45) is 0 Å². The van der Waals surface area contributed by atoms with Crippen LogP contribution in [0.1, 0.15) is 38.3 Å². The highest BCUT2D eigenvalue weighted by Crippen LogP contribution is 2.44. The van der Waals surface area contributed by atoms with E-state index in [1.54, 1.807) is 6.07 Å². The molecule has 3 rings (SSSR count). The normalized spacial score (nSPS) is 26.7. The summed E-state index contributed by atoms with van der Waals surface area (Å²) >= 11 is 0. The van der Waals surface area contributed by atoms with Gasteiger partial charge in [0.2, 0.25) is 0 Å². The molecule has 1 unspecified atom stereocenters. The molecular weight excluding hydrogens is 308 g/mol. The predicted octanol–water partition coefficient (Wildman–Crippen LogP) is 2.69. The van der Waals surface area contributed by atoms with Gasteiger partial charge in [-0.05, 0) is 45.8 Å². The molecule has 0 aliphatic carbocycles. The van der Waals surface area contributed by atoms with Crippen LogP contribution in [0, 0.1) is 10.1 Å². The molecule has 6 nitrogen and oxygen atoms in total. The molecule has 0 spiro atoms. The van der Waals surface area contributed by atoms with Crippen LogP contribution >= 0.6 is 12.4 Å². The van der Waals surface area contributed by atoms with Crippen molar-refractivity contribution < 1.29 is 14.8 Å². The van der Waals surface area contributed by atoms with Gasteiger partial charge in [-0.1, -0.05) is 0 Å². The summed E-state index contributed by atoms with van der Waals surface area (Å²) in [7, 11) is 0. The van der Waals surface area contributed by atoms with E-state index in [2.05, 4.69) is 4.90 Å². The van der Waals surface area contributed by atoms with Gasteiger partial charge in [0.15, 0.2) is 0 Å². The SMILES string of the molecule is CC1(C)Oc2cc([N+](=O)[O-])ccc2C(N2CCCC2)[C@@H]1O.Cl. The number of non-ortho nitro benzene ring substituents is 1. The van der Waals surface area contributed by atoms with Crippen LogP contribution in [0.2, 0.25) is 0 Å². The summed E-state index contributed by atoms with van der Waals surface area (Å²) in [6, 6.07) is 4.50. The lowest BCUT2D eigenvalue weighted by atomic mass is 9.85. The van der Waals surface area contributed by atoms with Crippen LogP contribution in [-0.4, -0.2) is 39.7 Å². The Hall–Kier alpha value is -1.37. The molecule has 1 fully saturated rings.